The number of benzene rings is 1. The Morgan fingerprint density at radius 1 is 1.11 bits per heavy atom. The molecule has 4 fully saturated rings. The first-order valence-corrected chi connectivity index (χ1v) is 24.0. The van der Waals surface area contributed by atoms with Crippen molar-refractivity contribution >= 4 is 56.1 Å². The van der Waals surface area contributed by atoms with Gasteiger partial charge in [0.25, 0.3) is 5.91 Å². The highest BCUT2D eigenvalue weighted by Gasteiger charge is 2.62. The number of amides is 4. The molecule has 18 heteroatoms. The number of rotatable bonds is 11. The summed E-state index contributed by atoms with van der Waals surface area (Å²) in [6.45, 7) is 10.0. The van der Waals surface area contributed by atoms with Crippen molar-refractivity contribution in [3.8, 4) is 17.4 Å². The molecule has 0 spiro atoms. The van der Waals surface area contributed by atoms with E-state index in [1.807, 2.05) is 38.3 Å². The molecule has 2 aromatic heterocycles. The summed E-state index contributed by atoms with van der Waals surface area (Å²) in [5.41, 5.74) is 0.259. The van der Waals surface area contributed by atoms with Crippen LogP contribution in [0.2, 0.25) is 0 Å². The van der Waals surface area contributed by atoms with Crippen molar-refractivity contribution < 1.29 is 46.5 Å². The van der Waals surface area contributed by atoms with E-state index < -0.39 is 74.1 Å². The number of sulfonamides is 1. The third-order valence-corrected chi connectivity index (χ3v) is 15.5. The third-order valence-electron chi connectivity index (χ3n) is 12.9. The number of pyridine rings is 1. The molecule has 1 saturated heterocycles. The molecular weight excluding hydrogens is 837 g/mol. The lowest BCUT2D eigenvalue weighted by molar-refractivity contribution is -0.142. The van der Waals surface area contributed by atoms with Crippen molar-refractivity contribution in [3.05, 3.63) is 52.5 Å². The van der Waals surface area contributed by atoms with E-state index in [0.29, 0.717) is 54.5 Å². The van der Waals surface area contributed by atoms with Crippen LogP contribution in [0.4, 0.5) is 4.79 Å². The van der Waals surface area contributed by atoms with Gasteiger partial charge in [-0.3, -0.25) is 19.1 Å². The molecular formula is C44H56N6O10S2. The lowest BCUT2D eigenvalue weighted by Crippen LogP contribution is -2.59. The summed E-state index contributed by atoms with van der Waals surface area (Å²) < 4.78 is 52.6. The van der Waals surface area contributed by atoms with Crippen molar-refractivity contribution in [2.75, 3.05) is 20.3 Å². The highest BCUT2D eigenvalue weighted by Crippen LogP contribution is 2.46. The van der Waals surface area contributed by atoms with Crippen LogP contribution in [-0.2, 0) is 42.2 Å². The van der Waals surface area contributed by atoms with E-state index in [0.717, 1.165) is 41.9 Å². The Balaban J connectivity index is 1.16. The molecule has 5 aliphatic rings. The third kappa shape index (κ3) is 9.36. The SMILES string of the molecule is C=C[C@H]1CC1(NC(=O)[C@@H]1C[C@@H]2CN1C(=O)[C@H](C1CCCC1)NC(=O)OCC(C)(C)CCCc1cc3c(cc(OCc4csc(C)n4)nc3cc1OC)O2)C(=O)NS(=O)(=O)C1CC1. The molecule has 3 aromatic rings. The maximum Gasteiger partial charge on any atom is 0.407 e. The van der Waals surface area contributed by atoms with E-state index in [2.05, 4.69) is 26.9 Å². The maximum atomic E-state index is 15.0. The van der Waals surface area contributed by atoms with E-state index in [-0.39, 0.29) is 44.4 Å². The molecule has 4 heterocycles. The van der Waals surface area contributed by atoms with E-state index in [9.17, 15) is 27.6 Å². The molecule has 8 rings (SSSR count). The standard InChI is InChI=1S/C44H56N6O10S2/c1-6-28-20-44(28,41(53)49-62(55,56)31-13-14-31)48-39(51)34-17-30-21-50(34)40(52)38(26-10-7-8-11-26)47-42(54)59-24-43(3,4)15-9-12-27-16-32-33(18-35(27)57-5)46-37(19-36(32)60-30)58-22-29-23-61-25(2)45-29/h6,16,18-19,23,26,28,30-31,34,38H,1,7-15,17,20-22,24H2,2-5H3,(H,47,54)(H,48,51)(H,49,53)/t28-,30+,34-,38-,44?/m0/s1. The fourth-order valence-electron chi connectivity index (χ4n) is 9.11. The molecule has 4 bridgehead atoms. The second-order valence-electron chi connectivity index (χ2n) is 18.2. The second kappa shape index (κ2) is 17.3. The van der Waals surface area contributed by atoms with Gasteiger partial charge in [-0.1, -0.05) is 32.8 Å². The number of aryl methyl sites for hydroxylation is 2. The van der Waals surface area contributed by atoms with Crippen LogP contribution < -0.4 is 29.6 Å². The Kier molecular flexibility index (Phi) is 12.2. The van der Waals surface area contributed by atoms with Gasteiger partial charge >= 0.3 is 6.09 Å². The highest BCUT2D eigenvalue weighted by molar-refractivity contribution is 7.91. The zero-order chi connectivity index (χ0) is 44.0. The van der Waals surface area contributed by atoms with Crippen LogP contribution in [0.1, 0.15) is 94.3 Å². The van der Waals surface area contributed by atoms with Crippen molar-refractivity contribution in [1.82, 2.24) is 30.2 Å². The molecule has 334 valence electrons. The number of methoxy groups -OCH3 is 1. The van der Waals surface area contributed by atoms with Gasteiger partial charge in [0.2, 0.25) is 27.7 Å². The van der Waals surface area contributed by atoms with Crippen molar-refractivity contribution in [2.45, 2.75) is 127 Å². The summed E-state index contributed by atoms with van der Waals surface area (Å²) >= 11 is 1.52. The number of nitrogens with zero attached hydrogens (tertiary/aromatic N) is 3. The molecule has 62 heavy (non-hydrogen) atoms. The summed E-state index contributed by atoms with van der Waals surface area (Å²) in [5.74, 6) is -1.35. The number of hydrogen-bond acceptors (Lipinski definition) is 13. The minimum Gasteiger partial charge on any atom is -0.496 e. The number of fused-ring (bicyclic) bond motifs is 3. The van der Waals surface area contributed by atoms with Crippen LogP contribution in [0, 0.1) is 24.2 Å². The van der Waals surface area contributed by atoms with E-state index in [4.69, 9.17) is 23.9 Å². The van der Waals surface area contributed by atoms with Gasteiger partial charge < -0.3 is 34.5 Å². The minimum atomic E-state index is -3.92. The smallest absolute Gasteiger partial charge is 0.407 e. The van der Waals surface area contributed by atoms with Crippen LogP contribution in [0.5, 0.6) is 17.4 Å². The predicted molar refractivity (Wildman–Crippen MR) is 230 cm³/mol. The van der Waals surface area contributed by atoms with E-state index >= 15 is 0 Å². The lowest BCUT2D eigenvalue weighted by Gasteiger charge is -2.32. The number of carbonyl (C=O) groups excluding carboxylic acids is 4. The van der Waals surface area contributed by atoms with Gasteiger partial charge in [0.05, 0.1) is 41.7 Å². The molecule has 16 nitrogen and oxygen atoms in total. The highest BCUT2D eigenvalue weighted by atomic mass is 32.2. The minimum absolute atomic E-state index is 0.0194. The van der Waals surface area contributed by atoms with Gasteiger partial charge in [0.15, 0.2) is 0 Å². The van der Waals surface area contributed by atoms with Gasteiger partial charge in [-0.15, -0.1) is 17.9 Å². The second-order valence-corrected chi connectivity index (χ2v) is 21.2. The van der Waals surface area contributed by atoms with Gasteiger partial charge in [-0.2, -0.15) is 0 Å². The average Bonchev–Trinajstić information content (AvgIpc) is 4.03. The number of ether oxygens (including phenoxy) is 4. The fourth-order valence-corrected chi connectivity index (χ4v) is 11.1. The molecule has 1 aromatic carbocycles. The molecule has 4 amide bonds. The number of thiazole rings is 1. The van der Waals surface area contributed by atoms with Crippen LogP contribution in [0.25, 0.3) is 10.9 Å². The van der Waals surface area contributed by atoms with Crippen LogP contribution in [0.15, 0.2) is 36.2 Å². The Hall–Kier alpha value is -4.97. The van der Waals surface area contributed by atoms with Crippen molar-refractivity contribution in [3.63, 3.8) is 0 Å². The number of carbonyl (C=O) groups is 4. The lowest BCUT2D eigenvalue weighted by atomic mass is 9.87. The van der Waals surface area contributed by atoms with Gasteiger partial charge in [0.1, 0.15) is 41.8 Å². The summed E-state index contributed by atoms with van der Waals surface area (Å²) in [7, 11) is -2.32. The van der Waals surface area contributed by atoms with E-state index in [1.165, 1.54) is 22.3 Å². The summed E-state index contributed by atoms with van der Waals surface area (Å²) in [6.07, 6.45) is 6.42. The Bertz CT molecular complexity index is 2360. The first-order valence-electron chi connectivity index (χ1n) is 21.5. The predicted octanol–water partition coefficient (Wildman–Crippen LogP) is 5.25. The largest absolute Gasteiger partial charge is 0.496 e. The summed E-state index contributed by atoms with van der Waals surface area (Å²) in [5, 5.41) is 8.60. The first kappa shape index (κ1) is 43.7. The molecule has 3 aliphatic carbocycles. The number of cyclic esters (lactones) is 1. The Labute approximate surface area is 365 Å². The molecule has 1 unspecified atom stereocenters. The molecule has 5 atom stereocenters. The number of aromatic nitrogens is 2. The van der Waals surface area contributed by atoms with Gasteiger partial charge in [-0.25, -0.2) is 23.2 Å². The molecule has 0 radical (unpaired) electrons. The Morgan fingerprint density at radius 2 is 1.89 bits per heavy atom. The van der Waals surface area contributed by atoms with Crippen LogP contribution >= 0.6 is 11.3 Å². The summed E-state index contributed by atoms with van der Waals surface area (Å²) in [4.78, 5) is 67.6. The summed E-state index contributed by atoms with van der Waals surface area (Å²) in [6, 6.07) is 3.40. The number of hydrogen-bond donors (Lipinski definition) is 3. The molecule has 3 saturated carbocycles. The van der Waals surface area contributed by atoms with Crippen LogP contribution in [0.3, 0.4) is 0 Å². The zero-order valence-electron chi connectivity index (χ0n) is 35.7. The molecule has 2 aliphatic heterocycles. The zero-order valence-corrected chi connectivity index (χ0v) is 37.3. The number of nitrogens with one attached hydrogen (secondary N) is 3. The quantitative estimate of drug-likeness (QED) is 0.211. The fraction of sp³-hybridized carbons (Fsp3) is 0.591. The first-order chi connectivity index (χ1) is 29.6. The van der Waals surface area contributed by atoms with Gasteiger partial charge in [0, 0.05) is 35.2 Å². The maximum absolute atomic E-state index is 15.0. The van der Waals surface area contributed by atoms with Crippen molar-refractivity contribution in [1.29, 1.82) is 0 Å². The van der Waals surface area contributed by atoms with Gasteiger partial charge in [-0.05, 0) is 81.3 Å². The molecule has 3 N–H and O–H groups in total. The topological polar surface area (TPSA) is 204 Å². The van der Waals surface area contributed by atoms with Crippen molar-refractivity contribution in [2.24, 2.45) is 17.3 Å². The average molecular weight is 893 g/mol. The van der Waals surface area contributed by atoms with Crippen LogP contribution in [-0.4, -0.2) is 96.3 Å². The monoisotopic (exact) mass is 892 g/mol. The van der Waals surface area contributed by atoms with E-state index in [1.54, 1.807) is 13.2 Å². The Morgan fingerprint density at radius 3 is 2.56 bits per heavy atom. The number of alkyl carbamates (subject to hydrolysis) is 1. The normalized spacial score (nSPS) is 26.7.